The van der Waals surface area contributed by atoms with Crippen molar-refractivity contribution in [2.45, 2.75) is 52.6 Å². The summed E-state index contributed by atoms with van der Waals surface area (Å²) >= 11 is 0. The van der Waals surface area contributed by atoms with E-state index in [2.05, 4.69) is 10.6 Å². The lowest BCUT2D eigenvalue weighted by atomic mass is 10.0. The Morgan fingerprint density at radius 3 is 2.11 bits per heavy atom. The maximum Gasteiger partial charge on any atom is 0.407 e. The topological polar surface area (TPSA) is 105 Å². The quantitative estimate of drug-likeness (QED) is 0.580. The van der Waals surface area contributed by atoms with Crippen LogP contribution < -0.4 is 10.6 Å². The highest BCUT2D eigenvalue weighted by molar-refractivity contribution is 5.89. The number of aliphatic carboxylic acids is 1. The van der Waals surface area contributed by atoms with E-state index in [9.17, 15) is 19.5 Å². The number of carbonyl (C=O) groups excluding carboxylic acids is 2. The van der Waals surface area contributed by atoms with Gasteiger partial charge in [0.05, 0.1) is 6.61 Å². The smallest absolute Gasteiger partial charge is 0.407 e. The Labute approximate surface area is 160 Å². The van der Waals surface area contributed by atoms with Crippen molar-refractivity contribution in [2.75, 3.05) is 6.61 Å². The lowest BCUT2D eigenvalue weighted by molar-refractivity contribution is -0.142. The van der Waals surface area contributed by atoms with Crippen molar-refractivity contribution < 1.29 is 24.2 Å². The molecule has 3 N–H and O–H groups in total. The molecule has 1 aromatic carbocycles. The molecule has 0 unspecified atom stereocenters. The number of hydrogen-bond acceptors (Lipinski definition) is 4. The number of nitrogens with one attached hydrogen (secondary N) is 2. The average Bonchev–Trinajstić information content (AvgIpc) is 2.59. The van der Waals surface area contributed by atoms with E-state index in [4.69, 9.17) is 4.74 Å². The minimum atomic E-state index is -1.10. The standard InChI is InChI=1S/C20H30N2O5/c1-13(2)10-17(19(24)25)21-18(23)16(11-15-8-6-5-7-9-15)22-20(26)27-12-14(3)4/h5-9,13-14,16-17H,10-12H2,1-4H3,(H,21,23)(H,22,26)(H,24,25)/t16-,17-/m0/s1. The monoisotopic (exact) mass is 378 g/mol. The fourth-order valence-electron chi connectivity index (χ4n) is 2.45. The second kappa shape index (κ2) is 11.2. The van der Waals surface area contributed by atoms with Crippen LogP contribution in [0.15, 0.2) is 30.3 Å². The molecule has 0 saturated carbocycles. The van der Waals surface area contributed by atoms with Crippen LogP contribution in [0.4, 0.5) is 4.79 Å². The number of carbonyl (C=O) groups is 3. The number of carboxylic acid groups (broad SMARTS) is 1. The summed E-state index contributed by atoms with van der Waals surface area (Å²) < 4.78 is 5.09. The summed E-state index contributed by atoms with van der Waals surface area (Å²) in [6, 6.07) is 7.26. The van der Waals surface area contributed by atoms with Crippen LogP contribution in [0.2, 0.25) is 0 Å². The van der Waals surface area contributed by atoms with Crippen molar-refractivity contribution >= 4 is 18.0 Å². The maximum atomic E-state index is 12.7. The molecule has 0 saturated heterocycles. The van der Waals surface area contributed by atoms with E-state index in [1.54, 1.807) is 0 Å². The molecule has 1 aromatic rings. The molecule has 0 aliphatic carbocycles. The first-order valence-electron chi connectivity index (χ1n) is 9.19. The molecule has 7 heteroatoms. The van der Waals surface area contributed by atoms with E-state index in [1.807, 2.05) is 58.0 Å². The number of ether oxygens (including phenoxy) is 1. The third kappa shape index (κ3) is 9.08. The Hall–Kier alpha value is -2.57. The van der Waals surface area contributed by atoms with Gasteiger partial charge in [-0.2, -0.15) is 0 Å². The molecule has 0 aliphatic heterocycles. The highest BCUT2D eigenvalue weighted by Gasteiger charge is 2.27. The SMILES string of the molecule is CC(C)COC(=O)N[C@@H](Cc1ccccc1)C(=O)N[C@@H](CC(C)C)C(=O)O. The van der Waals surface area contributed by atoms with Crippen LogP contribution in [0.1, 0.15) is 39.7 Å². The van der Waals surface area contributed by atoms with E-state index >= 15 is 0 Å². The van der Waals surface area contributed by atoms with Gasteiger partial charge in [-0.05, 0) is 23.8 Å². The van der Waals surface area contributed by atoms with E-state index in [0.717, 1.165) is 5.56 Å². The predicted molar refractivity (Wildman–Crippen MR) is 102 cm³/mol. The van der Waals surface area contributed by atoms with Crippen molar-refractivity contribution in [3.63, 3.8) is 0 Å². The van der Waals surface area contributed by atoms with Crippen LogP contribution in [0.25, 0.3) is 0 Å². The summed E-state index contributed by atoms with van der Waals surface area (Å²) in [5.74, 6) is -1.38. The summed E-state index contributed by atoms with van der Waals surface area (Å²) in [6.45, 7) is 7.81. The third-order valence-corrected chi connectivity index (χ3v) is 3.76. The molecule has 0 heterocycles. The number of amides is 2. The fraction of sp³-hybridized carbons (Fsp3) is 0.550. The number of benzene rings is 1. The Kier molecular flexibility index (Phi) is 9.33. The largest absolute Gasteiger partial charge is 0.480 e. The van der Waals surface area contributed by atoms with Crippen LogP contribution in [0, 0.1) is 11.8 Å². The Bertz CT molecular complexity index is 616. The lowest BCUT2D eigenvalue weighted by Crippen LogP contribution is -2.53. The molecule has 7 nitrogen and oxygen atoms in total. The first-order chi connectivity index (χ1) is 12.7. The molecular formula is C20H30N2O5. The van der Waals surface area contributed by atoms with Gasteiger partial charge in [0.15, 0.2) is 0 Å². The zero-order chi connectivity index (χ0) is 20.4. The summed E-state index contributed by atoms with van der Waals surface area (Å²) in [5.41, 5.74) is 0.845. The molecule has 2 amide bonds. The Morgan fingerprint density at radius 1 is 0.963 bits per heavy atom. The summed E-state index contributed by atoms with van der Waals surface area (Å²) in [5, 5.41) is 14.4. The van der Waals surface area contributed by atoms with Gasteiger partial charge in [0.1, 0.15) is 12.1 Å². The molecule has 0 radical (unpaired) electrons. The van der Waals surface area contributed by atoms with E-state index < -0.39 is 30.1 Å². The molecule has 0 aliphatic rings. The fourth-order valence-corrected chi connectivity index (χ4v) is 2.45. The molecule has 0 spiro atoms. The molecular weight excluding hydrogens is 348 g/mol. The highest BCUT2D eigenvalue weighted by Crippen LogP contribution is 2.08. The Morgan fingerprint density at radius 2 is 1.59 bits per heavy atom. The second-order valence-corrected chi connectivity index (χ2v) is 7.41. The minimum absolute atomic E-state index is 0.0999. The van der Waals surface area contributed by atoms with Crippen LogP contribution in [-0.4, -0.2) is 41.8 Å². The molecule has 2 atom stereocenters. The number of hydrogen-bond donors (Lipinski definition) is 3. The number of rotatable bonds is 10. The van der Waals surface area contributed by atoms with Gasteiger partial charge < -0.3 is 20.5 Å². The van der Waals surface area contributed by atoms with E-state index in [0.29, 0.717) is 6.42 Å². The van der Waals surface area contributed by atoms with Gasteiger partial charge in [0.25, 0.3) is 0 Å². The second-order valence-electron chi connectivity index (χ2n) is 7.41. The molecule has 0 fully saturated rings. The van der Waals surface area contributed by atoms with Crippen LogP contribution in [-0.2, 0) is 20.7 Å². The summed E-state index contributed by atoms with van der Waals surface area (Å²) in [7, 11) is 0. The van der Waals surface area contributed by atoms with Crippen molar-refractivity contribution in [1.82, 2.24) is 10.6 Å². The molecule has 150 valence electrons. The first kappa shape index (κ1) is 22.5. The number of carboxylic acids is 1. The first-order valence-corrected chi connectivity index (χ1v) is 9.19. The van der Waals surface area contributed by atoms with E-state index in [1.165, 1.54) is 0 Å². The van der Waals surface area contributed by atoms with Gasteiger partial charge in [-0.1, -0.05) is 58.0 Å². The third-order valence-electron chi connectivity index (χ3n) is 3.76. The van der Waals surface area contributed by atoms with Gasteiger partial charge in [0.2, 0.25) is 5.91 Å². The normalized spacial score (nSPS) is 13.1. The zero-order valence-electron chi connectivity index (χ0n) is 16.4. The van der Waals surface area contributed by atoms with Gasteiger partial charge in [0, 0.05) is 6.42 Å². The van der Waals surface area contributed by atoms with Gasteiger partial charge in [-0.15, -0.1) is 0 Å². The van der Waals surface area contributed by atoms with Gasteiger partial charge in [-0.25, -0.2) is 9.59 Å². The van der Waals surface area contributed by atoms with Crippen LogP contribution in [0.5, 0.6) is 0 Å². The number of alkyl carbamates (subject to hydrolysis) is 1. The summed E-state index contributed by atoms with van der Waals surface area (Å²) in [6.07, 6.45) is -0.162. The van der Waals surface area contributed by atoms with Crippen LogP contribution >= 0.6 is 0 Å². The predicted octanol–water partition coefficient (Wildman–Crippen LogP) is 2.60. The molecule has 0 bridgehead atoms. The van der Waals surface area contributed by atoms with E-state index in [-0.39, 0.29) is 24.9 Å². The molecule has 27 heavy (non-hydrogen) atoms. The lowest BCUT2D eigenvalue weighted by Gasteiger charge is -2.22. The average molecular weight is 378 g/mol. The molecule has 0 aromatic heterocycles. The zero-order valence-corrected chi connectivity index (χ0v) is 16.4. The van der Waals surface area contributed by atoms with Crippen molar-refractivity contribution in [3.05, 3.63) is 35.9 Å². The van der Waals surface area contributed by atoms with Crippen molar-refractivity contribution in [3.8, 4) is 0 Å². The molecule has 1 rings (SSSR count). The summed E-state index contributed by atoms with van der Waals surface area (Å²) in [4.78, 5) is 36.1. The highest BCUT2D eigenvalue weighted by atomic mass is 16.5. The van der Waals surface area contributed by atoms with Crippen LogP contribution in [0.3, 0.4) is 0 Å². The van der Waals surface area contributed by atoms with Crippen molar-refractivity contribution in [1.29, 1.82) is 0 Å². The van der Waals surface area contributed by atoms with Gasteiger partial charge in [-0.3, -0.25) is 4.79 Å². The minimum Gasteiger partial charge on any atom is -0.480 e. The van der Waals surface area contributed by atoms with Crippen molar-refractivity contribution in [2.24, 2.45) is 11.8 Å². The Balaban J connectivity index is 2.85. The maximum absolute atomic E-state index is 12.7. The van der Waals surface area contributed by atoms with Gasteiger partial charge >= 0.3 is 12.1 Å².